The van der Waals surface area contributed by atoms with Gasteiger partial charge in [0.25, 0.3) is 0 Å². The fourth-order valence-electron chi connectivity index (χ4n) is 1.52. The molecule has 0 atom stereocenters. The molecule has 1 aromatic carbocycles. The Bertz CT molecular complexity index is 305. The van der Waals surface area contributed by atoms with Crippen LogP contribution in [0.1, 0.15) is 30.9 Å². The zero-order valence-corrected chi connectivity index (χ0v) is 9.13. The van der Waals surface area contributed by atoms with Crippen LogP contribution in [-0.4, -0.2) is 12.2 Å². The van der Waals surface area contributed by atoms with Crippen LogP contribution in [0.4, 0.5) is 0 Å². The number of phenols is 1. The van der Waals surface area contributed by atoms with Gasteiger partial charge >= 0.3 is 0 Å². The number of rotatable bonds is 4. The minimum atomic E-state index is 0.279. The molecule has 0 radical (unpaired) electrons. The van der Waals surface area contributed by atoms with E-state index in [1.54, 1.807) is 7.11 Å². The highest BCUT2D eigenvalue weighted by Crippen LogP contribution is 2.31. The van der Waals surface area contributed by atoms with E-state index >= 15 is 0 Å². The van der Waals surface area contributed by atoms with Crippen LogP contribution in [0.5, 0.6) is 11.5 Å². The Kier molecular flexibility index (Phi) is 3.81. The van der Waals surface area contributed by atoms with Crippen LogP contribution in [0.3, 0.4) is 0 Å². The van der Waals surface area contributed by atoms with Gasteiger partial charge in [-0.1, -0.05) is 19.4 Å². The van der Waals surface area contributed by atoms with Gasteiger partial charge in [-0.3, -0.25) is 0 Å². The van der Waals surface area contributed by atoms with E-state index in [1.807, 2.05) is 19.1 Å². The smallest absolute Gasteiger partial charge is 0.160 e. The van der Waals surface area contributed by atoms with Crippen molar-refractivity contribution in [1.82, 2.24) is 0 Å². The molecule has 0 fully saturated rings. The third-order valence-corrected chi connectivity index (χ3v) is 2.53. The number of hydrogen-bond donors (Lipinski definition) is 1. The van der Waals surface area contributed by atoms with Crippen molar-refractivity contribution in [3.63, 3.8) is 0 Å². The molecule has 0 aliphatic rings. The predicted octanol–water partition coefficient (Wildman–Crippen LogP) is 3.05. The summed E-state index contributed by atoms with van der Waals surface area (Å²) >= 11 is 0. The first-order valence-corrected chi connectivity index (χ1v) is 5.06. The first-order valence-electron chi connectivity index (χ1n) is 5.06. The van der Waals surface area contributed by atoms with E-state index < -0.39 is 0 Å². The number of ether oxygens (including phenoxy) is 1. The number of benzene rings is 1. The molecule has 2 nitrogen and oxygen atoms in total. The van der Waals surface area contributed by atoms with Gasteiger partial charge in [-0.2, -0.15) is 0 Å². The maximum absolute atomic E-state index is 9.75. The SMILES string of the molecule is CCCCc1ccc(OC)c(O)c1C. The molecule has 0 aliphatic carbocycles. The Morgan fingerprint density at radius 2 is 2.07 bits per heavy atom. The van der Waals surface area contributed by atoms with Gasteiger partial charge in [0, 0.05) is 0 Å². The fourth-order valence-corrected chi connectivity index (χ4v) is 1.52. The highest BCUT2D eigenvalue weighted by atomic mass is 16.5. The van der Waals surface area contributed by atoms with E-state index in [2.05, 4.69) is 6.92 Å². The average Bonchev–Trinajstić information content (AvgIpc) is 2.20. The summed E-state index contributed by atoms with van der Waals surface area (Å²) in [6, 6.07) is 3.86. The van der Waals surface area contributed by atoms with Crippen molar-refractivity contribution in [1.29, 1.82) is 0 Å². The van der Waals surface area contributed by atoms with Gasteiger partial charge in [0.1, 0.15) is 0 Å². The van der Waals surface area contributed by atoms with E-state index in [0.29, 0.717) is 5.75 Å². The monoisotopic (exact) mass is 194 g/mol. The summed E-state index contributed by atoms with van der Waals surface area (Å²) in [6.45, 7) is 4.10. The zero-order chi connectivity index (χ0) is 10.6. The van der Waals surface area contributed by atoms with Gasteiger partial charge in [-0.25, -0.2) is 0 Å². The molecule has 1 N–H and O–H groups in total. The second kappa shape index (κ2) is 4.89. The summed E-state index contributed by atoms with van der Waals surface area (Å²) < 4.78 is 5.04. The standard InChI is InChI=1S/C12H18O2/c1-4-5-6-10-7-8-11(14-3)12(13)9(10)2/h7-8,13H,4-6H2,1-3H3. The summed E-state index contributed by atoms with van der Waals surface area (Å²) in [5.41, 5.74) is 2.16. The lowest BCUT2D eigenvalue weighted by atomic mass is 10.0. The molecule has 0 amide bonds. The molecule has 1 rings (SSSR count). The lowest BCUT2D eigenvalue weighted by Gasteiger charge is -2.10. The molecule has 0 saturated heterocycles. The van der Waals surface area contributed by atoms with Crippen molar-refractivity contribution >= 4 is 0 Å². The van der Waals surface area contributed by atoms with E-state index in [9.17, 15) is 5.11 Å². The summed E-state index contributed by atoms with van der Waals surface area (Å²) in [6.07, 6.45) is 3.36. The molecule has 14 heavy (non-hydrogen) atoms. The highest BCUT2D eigenvalue weighted by Gasteiger charge is 2.08. The summed E-state index contributed by atoms with van der Waals surface area (Å²) in [5.74, 6) is 0.837. The van der Waals surface area contributed by atoms with Gasteiger partial charge in [-0.15, -0.1) is 0 Å². The van der Waals surface area contributed by atoms with Crippen LogP contribution in [0.25, 0.3) is 0 Å². The van der Waals surface area contributed by atoms with Crippen LogP contribution in [0, 0.1) is 6.92 Å². The van der Waals surface area contributed by atoms with Crippen molar-refractivity contribution in [3.05, 3.63) is 23.3 Å². The second-order valence-electron chi connectivity index (χ2n) is 3.50. The molecule has 2 heteroatoms. The van der Waals surface area contributed by atoms with Gasteiger partial charge in [0.05, 0.1) is 7.11 Å². The largest absolute Gasteiger partial charge is 0.504 e. The van der Waals surface area contributed by atoms with Crippen molar-refractivity contribution < 1.29 is 9.84 Å². The van der Waals surface area contributed by atoms with Crippen LogP contribution < -0.4 is 4.74 Å². The maximum Gasteiger partial charge on any atom is 0.160 e. The third kappa shape index (κ3) is 2.19. The Hall–Kier alpha value is -1.18. The van der Waals surface area contributed by atoms with Crippen LogP contribution in [0.2, 0.25) is 0 Å². The van der Waals surface area contributed by atoms with Gasteiger partial charge in [0.15, 0.2) is 11.5 Å². The Morgan fingerprint density at radius 1 is 1.36 bits per heavy atom. The quantitative estimate of drug-likeness (QED) is 0.798. The third-order valence-electron chi connectivity index (χ3n) is 2.53. The lowest BCUT2D eigenvalue weighted by molar-refractivity contribution is 0.371. The molecule has 0 aliphatic heterocycles. The average molecular weight is 194 g/mol. The van der Waals surface area contributed by atoms with Gasteiger partial charge in [0.2, 0.25) is 0 Å². The molecule has 0 bridgehead atoms. The zero-order valence-electron chi connectivity index (χ0n) is 9.13. The molecule has 0 heterocycles. The predicted molar refractivity (Wildman–Crippen MR) is 58.0 cm³/mol. The first-order chi connectivity index (χ1) is 6.70. The number of methoxy groups -OCH3 is 1. The highest BCUT2D eigenvalue weighted by molar-refractivity contribution is 5.48. The number of unbranched alkanes of at least 4 members (excludes halogenated alkanes) is 1. The molecule has 0 saturated carbocycles. The molecule has 0 aromatic heterocycles. The van der Waals surface area contributed by atoms with Crippen molar-refractivity contribution in [2.45, 2.75) is 33.1 Å². The van der Waals surface area contributed by atoms with Crippen LogP contribution in [-0.2, 0) is 6.42 Å². The van der Waals surface area contributed by atoms with E-state index in [1.165, 1.54) is 12.0 Å². The molecular weight excluding hydrogens is 176 g/mol. The second-order valence-corrected chi connectivity index (χ2v) is 3.50. The van der Waals surface area contributed by atoms with Crippen molar-refractivity contribution in [2.75, 3.05) is 7.11 Å². The van der Waals surface area contributed by atoms with Crippen LogP contribution >= 0.6 is 0 Å². The molecule has 78 valence electrons. The number of hydrogen-bond acceptors (Lipinski definition) is 2. The fraction of sp³-hybridized carbons (Fsp3) is 0.500. The normalized spacial score (nSPS) is 10.2. The number of phenolic OH excluding ortho intramolecular Hbond substituents is 1. The van der Waals surface area contributed by atoms with Crippen LogP contribution in [0.15, 0.2) is 12.1 Å². The first kappa shape index (κ1) is 10.9. The molecule has 1 aromatic rings. The Morgan fingerprint density at radius 3 is 2.64 bits per heavy atom. The lowest BCUT2D eigenvalue weighted by Crippen LogP contribution is -1.92. The minimum Gasteiger partial charge on any atom is -0.504 e. The number of aryl methyl sites for hydroxylation is 1. The minimum absolute atomic E-state index is 0.279. The Balaban J connectivity index is 2.92. The van der Waals surface area contributed by atoms with Gasteiger partial charge < -0.3 is 9.84 Å². The molecule has 0 unspecified atom stereocenters. The topological polar surface area (TPSA) is 29.5 Å². The molecule has 0 spiro atoms. The van der Waals surface area contributed by atoms with E-state index in [4.69, 9.17) is 4.74 Å². The summed E-state index contributed by atoms with van der Waals surface area (Å²) in [5, 5.41) is 9.75. The number of aromatic hydroxyl groups is 1. The van der Waals surface area contributed by atoms with E-state index in [-0.39, 0.29) is 5.75 Å². The van der Waals surface area contributed by atoms with Crippen molar-refractivity contribution in [3.8, 4) is 11.5 Å². The summed E-state index contributed by atoms with van der Waals surface area (Å²) in [4.78, 5) is 0. The summed E-state index contributed by atoms with van der Waals surface area (Å²) in [7, 11) is 1.57. The van der Waals surface area contributed by atoms with E-state index in [0.717, 1.165) is 18.4 Å². The Labute approximate surface area is 85.5 Å². The maximum atomic E-state index is 9.75. The van der Waals surface area contributed by atoms with Gasteiger partial charge in [-0.05, 0) is 37.0 Å². The van der Waals surface area contributed by atoms with Crippen molar-refractivity contribution in [2.24, 2.45) is 0 Å². The molecular formula is C12H18O2.